The van der Waals surface area contributed by atoms with E-state index in [0.717, 1.165) is 11.1 Å². The molecule has 4 nitrogen and oxygen atoms in total. The number of benzene rings is 1. The zero-order valence-electron chi connectivity index (χ0n) is 9.86. The Morgan fingerprint density at radius 3 is 2.44 bits per heavy atom. The van der Waals surface area contributed by atoms with Gasteiger partial charge in [0.1, 0.15) is 6.54 Å². The molecule has 0 spiro atoms. The number of carboxylic acids is 1. The summed E-state index contributed by atoms with van der Waals surface area (Å²) < 4.78 is 0. The van der Waals surface area contributed by atoms with Crippen molar-refractivity contribution < 1.29 is 14.7 Å². The van der Waals surface area contributed by atoms with Crippen LogP contribution in [0.15, 0.2) is 30.3 Å². The molecule has 18 heavy (non-hydrogen) atoms. The Morgan fingerprint density at radius 1 is 1.28 bits per heavy atom. The number of carboxylic acid groups (broad SMARTS) is 1. The third-order valence-corrected chi connectivity index (χ3v) is 2.20. The first-order chi connectivity index (χ1) is 8.00. The predicted octanol–water partition coefficient (Wildman–Crippen LogP) is 1.53. The zero-order chi connectivity index (χ0) is 12.8. The van der Waals surface area contributed by atoms with Crippen LogP contribution in [0.3, 0.4) is 0 Å². The second-order valence-corrected chi connectivity index (χ2v) is 3.73. The molecule has 0 radical (unpaired) electrons. The Hall–Kier alpha value is -1.10. The van der Waals surface area contributed by atoms with Gasteiger partial charge in [-0.2, -0.15) is 0 Å². The number of rotatable bonds is 5. The van der Waals surface area contributed by atoms with Crippen molar-refractivity contribution >= 4 is 52.6 Å². The molecule has 0 saturated heterocycles. The topological polar surface area (TPSA) is 66.4 Å². The summed E-state index contributed by atoms with van der Waals surface area (Å²) in [4.78, 5) is 21.5. The summed E-state index contributed by atoms with van der Waals surface area (Å²) in [7, 11) is 0. The van der Waals surface area contributed by atoms with E-state index in [1.54, 1.807) is 6.07 Å². The monoisotopic (exact) mass is 257 g/mol. The minimum atomic E-state index is -0.923. The fraction of sp³-hybridized carbons (Fsp3) is 0.231. The second-order valence-electron chi connectivity index (χ2n) is 3.73. The van der Waals surface area contributed by atoms with Crippen molar-refractivity contribution in [3.8, 4) is 0 Å². The summed E-state index contributed by atoms with van der Waals surface area (Å²) in [5, 5.41) is 11.4. The number of hydrogen-bond acceptors (Lipinski definition) is 3. The number of hydrogen-bond donors (Lipinski definition) is 2. The van der Waals surface area contributed by atoms with Gasteiger partial charge >= 0.3 is 35.5 Å². The van der Waals surface area contributed by atoms with E-state index in [1.165, 1.54) is 13.0 Å². The van der Waals surface area contributed by atoms with Gasteiger partial charge in [-0.1, -0.05) is 18.2 Å². The molecule has 0 saturated carbocycles. The molecule has 0 amide bonds. The van der Waals surface area contributed by atoms with Crippen LogP contribution in [0.2, 0.25) is 0 Å². The van der Waals surface area contributed by atoms with E-state index in [2.05, 4.69) is 5.32 Å². The van der Waals surface area contributed by atoms with Gasteiger partial charge < -0.3 is 10.4 Å². The van der Waals surface area contributed by atoms with E-state index in [-0.39, 0.29) is 41.9 Å². The quantitative estimate of drug-likeness (QED) is 0.620. The van der Waals surface area contributed by atoms with E-state index < -0.39 is 5.97 Å². The van der Waals surface area contributed by atoms with Crippen LogP contribution in [0, 0.1) is 0 Å². The molecular formula is C13H16NNaO3. The number of ketones is 1. The van der Waals surface area contributed by atoms with Crippen LogP contribution in [0.4, 0.5) is 5.69 Å². The minimum absolute atomic E-state index is 0. The SMILES string of the molecule is CC(=O)/C=C(\C)c1ccccc1NCC(=O)O.[NaH]. The maximum atomic E-state index is 11.0. The van der Waals surface area contributed by atoms with Crippen molar-refractivity contribution in [2.75, 3.05) is 11.9 Å². The maximum absolute atomic E-state index is 11.0. The van der Waals surface area contributed by atoms with Crippen LogP contribution in [-0.4, -0.2) is 53.0 Å². The van der Waals surface area contributed by atoms with Gasteiger partial charge in [0.05, 0.1) is 0 Å². The summed E-state index contributed by atoms with van der Waals surface area (Å²) in [6.45, 7) is 3.16. The Labute approximate surface area is 128 Å². The molecular weight excluding hydrogens is 241 g/mol. The Morgan fingerprint density at radius 2 is 1.89 bits per heavy atom. The van der Waals surface area contributed by atoms with E-state index in [0.29, 0.717) is 5.69 Å². The Bertz CT molecular complexity index is 469. The molecule has 1 rings (SSSR count). The van der Waals surface area contributed by atoms with Crippen molar-refractivity contribution in [2.45, 2.75) is 13.8 Å². The Kier molecular flexibility index (Phi) is 7.59. The van der Waals surface area contributed by atoms with Crippen molar-refractivity contribution in [1.29, 1.82) is 0 Å². The van der Waals surface area contributed by atoms with E-state index >= 15 is 0 Å². The molecule has 0 heterocycles. The van der Waals surface area contributed by atoms with Crippen LogP contribution in [0.5, 0.6) is 0 Å². The van der Waals surface area contributed by atoms with Gasteiger partial charge in [0, 0.05) is 11.3 Å². The van der Waals surface area contributed by atoms with E-state index in [4.69, 9.17) is 5.11 Å². The molecule has 0 aromatic heterocycles. The van der Waals surface area contributed by atoms with Gasteiger partial charge in [0.15, 0.2) is 5.78 Å². The molecule has 92 valence electrons. The van der Waals surface area contributed by atoms with Crippen LogP contribution in [0.25, 0.3) is 5.57 Å². The first kappa shape index (κ1) is 16.9. The normalized spacial score (nSPS) is 10.4. The molecule has 0 atom stereocenters. The van der Waals surface area contributed by atoms with Crippen molar-refractivity contribution in [3.05, 3.63) is 35.9 Å². The predicted molar refractivity (Wildman–Crippen MR) is 74.0 cm³/mol. The van der Waals surface area contributed by atoms with Crippen LogP contribution in [-0.2, 0) is 9.59 Å². The number of carbonyl (C=O) groups is 2. The van der Waals surface area contributed by atoms with Crippen molar-refractivity contribution in [3.63, 3.8) is 0 Å². The third kappa shape index (κ3) is 5.49. The first-order valence-corrected chi connectivity index (χ1v) is 5.24. The molecule has 0 bridgehead atoms. The number of para-hydroxylation sites is 1. The van der Waals surface area contributed by atoms with E-state index in [1.807, 2.05) is 25.1 Å². The molecule has 1 aromatic rings. The van der Waals surface area contributed by atoms with Gasteiger partial charge in [0.25, 0.3) is 0 Å². The molecule has 0 fully saturated rings. The molecule has 0 unspecified atom stereocenters. The van der Waals surface area contributed by atoms with Crippen LogP contribution < -0.4 is 5.32 Å². The summed E-state index contributed by atoms with van der Waals surface area (Å²) in [6.07, 6.45) is 1.53. The van der Waals surface area contributed by atoms with E-state index in [9.17, 15) is 9.59 Å². The average molecular weight is 257 g/mol. The first-order valence-electron chi connectivity index (χ1n) is 5.24. The van der Waals surface area contributed by atoms with Gasteiger partial charge in [-0.15, -0.1) is 0 Å². The van der Waals surface area contributed by atoms with Crippen LogP contribution >= 0.6 is 0 Å². The number of allylic oxidation sites excluding steroid dienone is 2. The molecule has 0 aliphatic carbocycles. The molecule has 5 heteroatoms. The Balaban J connectivity index is 0.00000289. The average Bonchev–Trinajstić information content (AvgIpc) is 2.25. The van der Waals surface area contributed by atoms with Crippen molar-refractivity contribution in [1.82, 2.24) is 0 Å². The third-order valence-electron chi connectivity index (χ3n) is 2.20. The summed E-state index contributed by atoms with van der Waals surface area (Å²) in [6, 6.07) is 7.29. The van der Waals surface area contributed by atoms with Gasteiger partial charge in [-0.3, -0.25) is 9.59 Å². The molecule has 1 aromatic carbocycles. The fourth-order valence-corrected chi connectivity index (χ4v) is 1.53. The van der Waals surface area contributed by atoms with Gasteiger partial charge in [0.2, 0.25) is 0 Å². The summed E-state index contributed by atoms with van der Waals surface area (Å²) in [5.74, 6) is -0.955. The zero-order valence-corrected chi connectivity index (χ0v) is 9.86. The molecule has 2 N–H and O–H groups in total. The summed E-state index contributed by atoms with van der Waals surface area (Å²) in [5.41, 5.74) is 2.36. The van der Waals surface area contributed by atoms with Gasteiger partial charge in [-0.25, -0.2) is 0 Å². The number of carbonyl (C=O) groups excluding carboxylic acids is 1. The molecule has 0 aliphatic rings. The number of aliphatic carboxylic acids is 1. The fourth-order valence-electron chi connectivity index (χ4n) is 1.53. The standard InChI is InChI=1S/C13H15NO3.Na.H/c1-9(7-10(2)15)11-5-3-4-6-12(11)14-8-13(16)17;;/h3-7,14H,8H2,1-2H3,(H,16,17);;/b9-7+;;. The number of anilines is 1. The summed E-state index contributed by atoms with van der Waals surface area (Å²) >= 11 is 0. The molecule has 0 aliphatic heterocycles. The van der Waals surface area contributed by atoms with Crippen molar-refractivity contribution in [2.24, 2.45) is 0 Å². The second kappa shape index (κ2) is 8.08. The van der Waals surface area contributed by atoms with Gasteiger partial charge in [-0.05, 0) is 31.6 Å². The number of nitrogens with one attached hydrogen (secondary N) is 1. The van der Waals surface area contributed by atoms with Crippen LogP contribution in [0.1, 0.15) is 19.4 Å².